The Kier molecular flexibility index (Phi) is 8.07. The molecule has 0 aromatic carbocycles. The van der Waals surface area contributed by atoms with Gasteiger partial charge in [0.1, 0.15) is 5.60 Å². The Balaban J connectivity index is 2.79. The zero-order valence-corrected chi connectivity index (χ0v) is 17.5. The highest BCUT2D eigenvalue weighted by Crippen LogP contribution is 2.31. The summed E-state index contributed by atoms with van der Waals surface area (Å²) in [7, 11) is 1.70. The van der Waals surface area contributed by atoms with Crippen molar-refractivity contribution < 1.29 is 19.0 Å². The molecule has 1 aliphatic heterocycles. The number of amides is 1. The van der Waals surface area contributed by atoms with Gasteiger partial charge >= 0.3 is 6.09 Å². The third-order valence-corrected chi connectivity index (χ3v) is 5.30. The van der Waals surface area contributed by atoms with Gasteiger partial charge in [-0.2, -0.15) is 0 Å². The molecule has 2 unspecified atom stereocenters. The molecule has 2 atom stereocenters. The zero-order chi connectivity index (χ0) is 17.7. The molecule has 1 heterocycles. The van der Waals surface area contributed by atoms with Crippen molar-refractivity contribution in [3.63, 3.8) is 0 Å². The van der Waals surface area contributed by atoms with Crippen molar-refractivity contribution >= 4 is 28.7 Å². The Morgan fingerprint density at radius 1 is 1.35 bits per heavy atom. The molecule has 0 aromatic heterocycles. The molecule has 23 heavy (non-hydrogen) atoms. The van der Waals surface area contributed by atoms with Gasteiger partial charge in [0.25, 0.3) is 0 Å². The van der Waals surface area contributed by atoms with Crippen molar-refractivity contribution in [1.29, 1.82) is 0 Å². The first-order chi connectivity index (χ1) is 10.6. The Hall–Kier alpha value is -0.0800. The highest BCUT2D eigenvalue weighted by Gasteiger charge is 2.40. The van der Waals surface area contributed by atoms with Crippen molar-refractivity contribution in [2.45, 2.75) is 64.8 Å². The minimum atomic E-state index is -0.473. The summed E-state index contributed by atoms with van der Waals surface area (Å²) < 4.78 is 18.1. The molecule has 1 saturated heterocycles. The quantitative estimate of drug-likeness (QED) is 0.464. The summed E-state index contributed by atoms with van der Waals surface area (Å²) in [6.45, 7) is 11.8. The van der Waals surface area contributed by atoms with Gasteiger partial charge in [-0.15, -0.1) is 0 Å². The largest absolute Gasteiger partial charge is 0.444 e. The number of hydrogen-bond acceptors (Lipinski definition) is 4. The number of likely N-dealkylation sites (tertiary alicyclic amines) is 1. The third-order valence-electron chi connectivity index (χ3n) is 3.91. The Labute approximate surface area is 154 Å². The van der Waals surface area contributed by atoms with Crippen LogP contribution >= 0.6 is 22.6 Å². The Bertz CT molecular complexity index is 383. The summed E-state index contributed by atoms with van der Waals surface area (Å²) in [6, 6.07) is 0. The van der Waals surface area contributed by atoms with E-state index in [2.05, 4.69) is 36.4 Å². The van der Waals surface area contributed by atoms with Crippen molar-refractivity contribution in [2.24, 2.45) is 5.92 Å². The number of alkyl halides is 1. The predicted molar refractivity (Wildman–Crippen MR) is 100 cm³/mol. The average molecular weight is 441 g/mol. The zero-order valence-electron chi connectivity index (χ0n) is 15.4. The topological polar surface area (TPSA) is 48.0 Å². The number of methoxy groups -OCH3 is 1. The summed E-state index contributed by atoms with van der Waals surface area (Å²) in [6.07, 6.45) is 1.68. The minimum absolute atomic E-state index is 0.0355. The number of nitrogens with zero attached hydrogens (tertiary/aromatic N) is 1. The number of carbonyl (C=O) groups excluding carboxylic acids is 1. The minimum Gasteiger partial charge on any atom is -0.444 e. The van der Waals surface area contributed by atoms with Crippen LogP contribution in [-0.2, 0) is 14.2 Å². The Morgan fingerprint density at radius 2 is 2.00 bits per heavy atom. The lowest BCUT2D eigenvalue weighted by atomic mass is 9.93. The van der Waals surface area contributed by atoms with Crippen molar-refractivity contribution in [2.75, 3.05) is 31.2 Å². The third kappa shape index (κ3) is 6.74. The molecule has 0 radical (unpaired) electrons. The van der Waals surface area contributed by atoms with Crippen LogP contribution in [0, 0.1) is 5.92 Å². The molecule has 0 saturated carbocycles. The van der Waals surface area contributed by atoms with Gasteiger partial charge in [0.05, 0.1) is 24.9 Å². The van der Waals surface area contributed by atoms with E-state index in [-0.39, 0.29) is 17.8 Å². The molecule has 6 heteroatoms. The van der Waals surface area contributed by atoms with Gasteiger partial charge in [0.15, 0.2) is 0 Å². The maximum atomic E-state index is 12.4. The monoisotopic (exact) mass is 441 g/mol. The standard InChI is InChI=1S/C17H32INO4/c1-13(2)14(10-21-6)22-17(11-18)8-7-9-19(12-17)15(20)23-16(3,4)5/h13-14H,7-12H2,1-6H3. The van der Waals surface area contributed by atoms with Gasteiger partial charge in [-0.05, 0) is 39.5 Å². The molecule has 1 amide bonds. The molecule has 0 spiro atoms. The molecule has 0 aliphatic carbocycles. The molecular formula is C17H32INO4. The molecule has 5 nitrogen and oxygen atoms in total. The second-order valence-electron chi connectivity index (χ2n) is 7.68. The number of halogens is 1. The van der Waals surface area contributed by atoms with Crippen LogP contribution < -0.4 is 0 Å². The number of ether oxygens (including phenoxy) is 3. The highest BCUT2D eigenvalue weighted by molar-refractivity contribution is 14.1. The van der Waals surface area contributed by atoms with E-state index in [1.165, 1.54) is 0 Å². The van der Waals surface area contributed by atoms with Crippen molar-refractivity contribution in [3.8, 4) is 0 Å². The van der Waals surface area contributed by atoms with E-state index in [9.17, 15) is 4.79 Å². The summed E-state index contributed by atoms with van der Waals surface area (Å²) in [5.41, 5.74) is -0.790. The Morgan fingerprint density at radius 3 is 2.48 bits per heavy atom. The van der Waals surface area contributed by atoms with E-state index in [1.807, 2.05) is 20.8 Å². The number of carbonyl (C=O) groups is 1. The van der Waals surface area contributed by atoms with Crippen LogP contribution in [0.3, 0.4) is 0 Å². The summed E-state index contributed by atoms with van der Waals surface area (Å²) in [5, 5.41) is 0. The van der Waals surface area contributed by atoms with Crippen LogP contribution in [0.1, 0.15) is 47.5 Å². The van der Waals surface area contributed by atoms with E-state index >= 15 is 0 Å². The van der Waals surface area contributed by atoms with Gasteiger partial charge in [-0.1, -0.05) is 36.4 Å². The van der Waals surface area contributed by atoms with Crippen LogP contribution in [0.4, 0.5) is 4.79 Å². The summed E-state index contributed by atoms with van der Waals surface area (Å²) in [5.74, 6) is 0.367. The second kappa shape index (κ2) is 8.85. The van der Waals surface area contributed by atoms with E-state index in [0.717, 1.165) is 23.8 Å². The highest BCUT2D eigenvalue weighted by atomic mass is 127. The van der Waals surface area contributed by atoms with Crippen LogP contribution in [0.5, 0.6) is 0 Å². The fourth-order valence-corrected chi connectivity index (χ4v) is 3.47. The SMILES string of the molecule is COCC(OC1(CI)CCCN(C(=O)OC(C)(C)C)C1)C(C)C. The maximum absolute atomic E-state index is 12.4. The van der Waals surface area contributed by atoms with E-state index in [0.29, 0.717) is 19.1 Å². The molecule has 0 aromatic rings. The summed E-state index contributed by atoms with van der Waals surface area (Å²) in [4.78, 5) is 14.2. The average Bonchev–Trinajstić information content (AvgIpc) is 2.45. The van der Waals surface area contributed by atoms with Gasteiger partial charge in [0, 0.05) is 18.1 Å². The van der Waals surface area contributed by atoms with Gasteiger partial charge < -0.3 is 19.1 Å². The van der Waals surface area contributed by atoms with Crippen molar-refractivity contribution in [3.05, 3.63) is 0 Å². The van der Waals surface area contributed by atoms with Crippen LogP contribution in [0.25, 0.3) is 0 Å². The summed E-state index contributed by atoms with van der Waals surface area (Å²) >= 11 is 2.36. The second-order valence-corrected chi connectivity index (χ2v) is 8.44. The van der Waals surface area contributed by atoms with Gasteiger partial charge in [-0.25, -0.2) is 4.79 Å². The first-order valence-corrected chi connectivity index (χ1v) is 9.85. The maximum Gasteiger partial charge on any atom is 0.410 e. The van der Waals surface area contributed by atoms with Crippen LogP contribution in [0.15, 0.2) is 0 Å². The van der Waals surface area contributed by atoms with E-state index < -0.39 is 5.60 Å². The van der Waals surface area contributed by atoms with Gasteiger partial charge in [0.2, 0.25) is 0 Å². The molecule has 0 N–H and O–H groups in total. The van der Waals surface area contributed by atoms with E-state index in [4.69, 9.17) is 14.2 Å². The first kappa shape index (κ1) is 21.0. The smallest absolute Gasteiger partial charge is 0.410 e. The lowest BCUT2D eigenvalue weighted by molar-refractivity contribution is -0.141. The lowest BCUT2D eigenvalue weighted by Gasteiger charge is -2.44. The molecule has 1 aliphatic rings. The molecule has 1 fully saturated rings. The predicted octanol–water partition coefficient (Wildman–Crippen LogP) is 3.88. The van der Waals surface area contributed by atoms with E-state index in [1.54, 1.807) is 12.0 Å². The lowest BCUT2D eigenvalue weighted by Crippen LogP contribution is -2.55. The first-order valence-electron chi connectivity index (χ1n) is 8.33. The molecule has 0 bridgehead atoms. The normalized spacial score (nSPS) is 23.9. The van der Waals surface area contributed by atoms with Crippen molar-refractivity contribution in [1.82, 2.24) is 4.90 Å². The number of piperidine rings is 1. The molecule has 136 valence electrons. The fourth-order valence-electron chi connectivity index (χ4n) is 2.67. The van der Waals surface area contributed by atoms with Crippen LogP contribution in [0.2, 0.25) is 0 Å². The van der Waals surface area contributed by atoms with Gasteiger partial charge in [-0.3, -0.25) is 0 Å². The molecular weight excluding hydrogens is 409 g/mol. The number of hydrogen-bond donors (Lipinski definition) is 0. The molecule has 1 rings (SSSR count). The number of rotatable bonds is 6. The fraction of sp³-hybridized carbons (Fsp3) is 0.941. The van der Waals surface area contributed by atoms with Crippen LogP contribution in [-0.4, -0.2) is 59.5 Å².